The normalized spacial score (nSPS) is 16.4. The van der Waals surface area contributed by atoms with E-state index in [2.05, 4.69) is 28.3 Å². The van der Waals surface area contributed by atoms with E-state index < -0.39 is 0 Å². The van der Waals surface area contributed by atoms with E-state index in [1.807, 2.05) is 49.9 Å². The molecule has 0 N–H and O–H groups in total. The van der Waals surface area contributed by atoms with Crippen molar-refractivity contribution in [1.82, 2.24) is 15.0 Å². The van der Waals surface area contributed by atoms with Gasteiger partial charge in [0.1, 0.15) is 5.75 Å². The first kappa shape index (κ1) is 19.2. The first-order chi connectivity index (χ1) is 14.0. The molecule has 1 atom stereocenters. The largest absolute Gasteiger partial charge is 0.494 e. The molecular formula is C23H25N3O3. The molecule has 1 aromatic heterocycles. The molecule has 1 amide bonds. The maximum Gasteiger partial charge on any atom is 0.232 e. The van der Waals surface area contributed by atoms with Gasteiger partial charge in [-0.05, 0) is 50.1 Å². The third-order valence-electron chi connectivity index (χ3n) is 5.22. The van der Waals surface area contributed by atoms with Crippen LogP contribution in [0.1, 0.15) is 41.8 Å². The zero-order valence-corrected chi connectivity index (χ0v) is 17.0. The molecule has 0 aliphatic carbocycles. The van der Waals surface area contributed by atoms with Crippen molar-refractivity contribution in [3.8, 4) is 17.1 Å². The molecule has 1 fully saturated rings. The Morgan fingerprint density at radius 3 is 2.90 bits per heavy atom. The SMILES string of the molecule is CCOc1cccc(CN2CC(c3nc(-c4cc(C)ccc4C)no3)CC2=O)c1. The average Bonchev–Trinajstić information content (AvgIpc) is 3.32. The number of hydrogen-bond acceptors (Lipinski definition) is 5. The van der Waals surface area contributed by atoms with E-state index in [9.17, 15) is 4.79 Å². The van der Waals surface area contributed by atoms with Gasteiger partial charge in [-0.1, -0.05) is 35.0 Å². The summed E-state index contributed by atoms with van der Waals surface area (Å²) < 4.78 is 11.1. The predicted molar refractivity (Wildman–Crippen MR) is 110 cm³/mol. The molecule has 2 aromatic carbocycles. The lowest BCUT2D eigenvalue weighted by atomic mass is 10.1. The third-order valence-corrected chi connectivity index (χ3v) is 5.22. The second-order valence-corrected chi connectivity index (χ2v) is 7.53. The van der Waals surface area contributed by atoms with Gasteiger partial charge in [-0.3, -0.25) is 4.79 Å². The average molecular weight is 391 g/mol. The number of ether oxygens (including phenoxy) is 1. The molecule has 0 saturated carbocycles. The first-order valence-corrected chi connectivity index (χ1v) is 9.94. The quantitative estimate of drug-likeness (QED) is 0.628. The van der Waals surface area contributed by atoms with Crippen molar-refractivity contribution in [2.75, 3.05) is 13.2 Å². The van der Waals surface area contributed by atoms with Gasteiger partial charge in [-0.25, -0.2) is 0 Å². The van der Waals surface area contributed by atoms with Crippen LogP contribution in [0.25, 0.3) is 11.4 Å². The van der Waals surface area contributed by atoms with Gasteiger partial charge in [0, 0.05) is 25.1 Å². The summed E-state index contributed by atoms with van der Waals surface area (Å²) in [5.74, 6) is 1.95. The minimum atomic E-state index is -0.0797. The summed E-state index contributed by atoms with van der Waals surface area (Å²) in [6.07, 6.45) is 0.388. The standard InChI is InChI=1S/C23H25N3O3/c1-4-28-19-7-5-6-17(11-19)13-26-14-18(12-21(26)27)23-24-22(25-29-23)20-10-15(2)8-9-16(20)3/h5-11,18H,4,12-14H2,1-3H3. The number of rotatable bonds is 6. The molecule has 6 nitrogen and oxygen atoms in total. The second kappa shape index (κ2) is 8.07. The van der Waals surface area contributed by atoms with Gasteiger partial charge in [0.05, 0.1) is 12.5 Å². The Morgan fingerprint density at radius 2 is 2.07 bits per heavy atom. The van der Waals surface area contributed by atoms with Crippen molar-refractivity contribution < 1.29 is 14.1 Å². The van der Waals surface area contributed by atoms with Crippen molar-refractivity contribution >= 4 is 5.91 Å². The van der Waals surface area contributed by atoms with Crippen molar-refractivity contribution in [1.29, 1.82) is 0 Å². The summed E-state index contributed by atoms with van der Waals surface area (Å²) in [5.41, 5.74) is 4.26. The molecule has 0 radical (unpaired) electrons. The van der Waals surface area contributed by atoms with Gasteiger partial charge < -0.3 is 14.2 Å². The summed E-state index contributed by atoms with van der Waals surface area (Å²) in [4.78, 5) is 19.0. The summed E-state index contributed by atoms with van der Waals surface area (Å²) in [7, 11) is 0. The highest BCUT2D eigenvalue weighted by molar-refractivity contribution is 5.79. The Labute approximate surface area is 170 Å². The number of aryl methyl sites for hydroxylation is 2. The minimum absolute atomic E-state index is 0.0797. The van der Waals surface area contributed by atoms with Crippen molar-refractivity contribution in [2.45, 2.75) is 39.7 Å². The van der Waals surface area contributed by atoms with E-state index in [1.54, 1.807) is 0 Å². The smallest absolute Gasteiger partial charge is 0.232 e. The summed E-state index contributed by atoms with van der Waals surface area (Å²) >= 11 is 0. The van der Waals surface area contributed by atoms with Gasteiger partial charge in [0.2, 0.25) is 17.6 Å². The number of amides is 1. The van der Waals surface area contributed by atoms with Crippen molar-refractivity contribution in [3.63, 3.8) is 0 Å². The number of benzene rings is 2. The lowest BCUT2D eigenvalue weighted by Crippen LogP contribution is -2.24. The number of hydrogen-bond donors (Lipinski definition) is 0. The van der Waals surface area contributed by atoms with Crippen LogP contribution >= 0.6 is 0 Å². The van der Waals surface area contributed by atoms with Gasteiger partial charge in [0.15, 0.2) is 0 Å². The molecule has 0 spiro atoms. The number of carbonyl (C=O) groups is 1. The fourth-order valence-corrected chi connectivity index (χ4v) is 3.70. The number of carbonyl (C=O) groups excluding carboxylic acids is 1. The Balaban J connectivity index is 1.48. The highest BCUT2D eigenvalue weighted by Gasteiger charge is 2.34. The van der Waals surface area contributed by atoms with Crippen LogP contribution in [0.3, 0.4) is 0 Å². The van der Waals surface area contributed by atoms with E-state index in [0.29, 0.717) is 37.8 Å². The lowest BCUT2D eigenvalue weighted by molar-refractivity contribution is -0.128. The molecule has 1 aliphatic rings. The highest BCUT2D eigenvalue weighted by Crippen LogP contribution is 2.31. The monoisotopic (exact) mass is 391 g/mol. The van der Waals surface area contributed by atoms with Crippen LogP contribution in [0.15, 0.2) is 47.0 Å². The molecular weight excluding hydrogens is 366 g/mol. The lowest BCUT2D eigenvalue weighted by Gasteiger charge is -2.16. The fraction of sp³-hybridized carbons (Fsp3) is 0.348. The van der Waals surface area contributed by atoms with E-state index in [4.69, 9.17) is 9.26 Å². The van der Waals surface area contributed by atoms with Crippen LogP contribution in [-0.2, 0) is 11.3 Å². The zero-order chi connectivity index (χ0) is 20.4. The summed E-state index contributed by atoms with van der Waals surface area (Å²) in [6, 6.07) is 14.0. The van der Waals surface area contributed by atoms with E-state index in [-0.39, 0.29) is 11.8 Å². The zero-order valence-electron chi connectivity index (χ0n) is 17.0. The topological polar surface area (TPSA) is 68.5 Å². The molecule has 1 saturated heterocycles. The van der Waals surface area contributed by atoms with Crippen LogP contribution in [0.5, 0.6) is 5.75 Å². The molecule has 2 heterocycles. The fourth-order valence-electron chi connectivity index (χ4n) is 3.70. The molecule has 150 valence electrons. The van der Waals surface area contributed by atoms with E-state index in [1.165, 1.54) is 0 Å². The van der Waals surface area contributed by atoms with Crippen LogP contribution in [0.4, 0.5) is 0 Å². The summed E-state index contributed by atoms with van der Waals surface area (Å²) in [6.45, 7) is 7.77. The third kappa shape index (κ3) is 4.16. The maximum absolute atomic E-state index is 12.6. The van der Waals surface area contributed by atoms with Gasteiger partial charge in [-0.15, -0.1) is 0 Å². The Hall–Kier alpha value is -3.15. The Bertz CT molecular complexity index is 1030. The van der Waals surface area contributed by atoms with Gasteiger partial charge in [0.25, 0.3) is 0 Å². The molecule has 6 heteroatoms. The minimum Gasteiger partial charge on any atom is -0.494 e. The van der Waals surface area contributed by atoms with Crippen LogP contribution < -0.4 is 4.74 Å². The maximum atomic E-state index is 12.6. The first-order valence-electron chi connectivity index (χ1n) is 9.94. The molecule has 1 unspecified atom stereocenters. The van der Waals surface area contributed by atoms with Crippen LogP contribution in [0, 0.1) is 13.8 Å². The summed E-state index contributed by atoms with van der Waals surface area (Å²) in [5, 5.41) is 4.17. The molecule has 0 bridgehead atoms. The van der Waals surface area contributed by atoms with Gasteiger partial charge >= 0.3 is 0 Å². The van der Waals surface area contributed by atoms with Crippen molar-refractivity contribution in [3.05, 3.63) is 65.0 Å². The van der Waals surface area contributed by atoms with E-state index in [0.717, 1.165) is 28.0 Å². The Morgan fingerprint density at radius 1 is 1.21 bits per heavy atom. The molecule has 3 aromatic rings. The van der Waals surface area contributed by atoms with Crippen LogP contribution in [0.2, 0.25) is 0 Å². The predicted octanol–water partition coefficient (Wildman–Crippen LogP) is 4.27. The van der Waals surface area contributed by atoms with Crippen molar-refractivity contribution in [2.24, 2.45) is 0 Å². The number of likely N-dealkylation sites (tertiary alicyclic amines) is 1. The number of aromatic nitrogens is 2. The molecule has 1 aliphatic heterocycles. The second-order valence-electron chi connectivity index (χ2n) is 7.53. The van der Waals surface area contributed by atoms with Gasteiger partial charge in [-0.2, -0.15) is 4.98 Å². The molecule has 4 rings (SSSR count). The highest BCUT2D eigenvalue weighted by atomic mass is 16.5. The van der Waals surface area contributed by atoms with Crippen LogP contribution in [-0.4, -0.2) is 34.1 Å². The van der Waals surface area contributed by atoms with E-state index >= 15 is 0 Å². The molecule has 29 heavy (non-hydrogen) atoms. The number of nitrogens with zero attached hydrogens (tertiary/aromatic N) is 3. The Kier molecular flexibility index (Phi) is 5.34.